The molecule has 1 fully saturated rings. The lowest BCUT2D eigenvalue weighted by atomic mass is 9.93. The minimum absolute atomic E-state index is 0.331. The molecule has 112 valence electrons. The molecule has 3 rings (SSSR count). The SMILES string of the molecule is CC(Nc1nc(NN)nc2ccccc12)C1CCOCC1. The summed E-state index contributed by atoms with van der Waals surface area (Å²) in [6.07, 6.45) is 2.17. The first kappa shape index (κ1) is 14.0. The van der Waals surface area contributed by atoms with Crippen molar-refractivity contribution in [2.24, 2.45) is 11.8 Å². The van der Waals surface area contributed by atoms with Crippen LogP contribution in [0.5, 0.6) is 0 Å². The molecule has 1 saturated heterocycles. The quantitative estimate of drug-likeness (QED) is 0.590. The van der Waals surface area contributed by atoms with E-state index in [0.717, 1.165) is 42.8 Å². The van der Waals surface area contributed by atoms with Crippen LogP contribution in [0.3, 0.4) is 0 Å². The van der Waals surface area contributed by atoms with Crippen LogP contribution >= 0.6 is 0 Å². The Balaban J connectivity index is 1.88. The molecule has 2 aromatic rings. The lowest BCUT2D eigenvalue weighted by molar-refractivity contribution is 0.0622. The summed E-state index contributed by atoms with van der Waals surface area (Å²) in [5, 5.41) is 4.54. The third-order valence-electron chi connectivity index (χ3n) is 4.07. The Hall–Kier alpha value is -1.92. The Morgan fingerprint density at radius 2 is 2.00 bits per heavy atom. The predicted molar refractivity (Wildman–Crippen MR) is 84.0 cm³/mol. The van der Waals surface area contributed by atoms with Gasteiger partial charge in [-0.25, -0.2) is 10.8 Å². The summed E-state index contributed by atoms with van der Waals surface area (Å²) in [6, 6.07) is 8.27. The van der Waals surface area contributed by atoms with E-state index in [-0.39, 0.29) is 0 Å². The molecule has 1 atom stereocenters. The second kappa shape index (κ2) is 6.24. The molecule has 1 aromatic heterocycles. The second-order valence-corrected chi connectivity index (χ2v) is 5.44. The second-order valence-electron chi connectivity index (χ2n) is 5.44. The van der Waals surface area contributed by atoms with Crippen molar-refractivity contribution in [1.29, 1.82) is 0 Å². The van der Waals surface area contributed by atoms with E-state index < -0.39 is 0 Å². The number of aromatic nitrogens is 2. The average molecular weight is 287 g/mol. The fourth-order valence-electron chi connectivity index (χ4n) is 2.80. The van der Waals surface area contributed by atoms with Crippen LogP contribution in [-0.2, 0) is 4.74 Å². The smallest absolute Gasteiger partial charge is 0.239 e. The van der Waals surface area contributed by atoms with E-state index in [9.17, 15) is 0 Å². The highest BCUT2D eigenvalue weighted by molar-refractivity contribution is 5.90. The number of hydrogen-bond acceptors (Lipinski definition) is 6. The van der Waals surface area contributed by atoms with Gasteiger partial charge in [0.25, 0.3) is 0 Å². The number of nitrogens with zero attached hydrogens (tertiary/aromatic N) is 2. The molecule has 21 heavy (non-hydrogen) atoms. The van der Waals surface area contributed by atoms with Crippen LogP contribution in [0.15, 0.2) is 24.3 Å². The van der Waals surface area contributed by atoms with E-state index in [4.69, 9.17) is 10.6 Å². The Labute approximate surface area is 124 Å². The van der Waals surface area contributed by atoms with E-state index in [0.29, 0.717) is 17.9 Å². The zero-order valence-corrected chi connectivity index (χ0v) is 12.2. The predicted octanol–water partition coefficient (Wildman–Crippen LogP) is 2.14. The summed E-state index contributed by atoms with van der Waals surface area (Å²) < 4.78 is 5.43. The summed E-state index contributed by atoms with van der Waals surface area (Å²) in [4.78, 5) is 8.83. The number of para-hydroxylation sites is 1. The molecule has 1 aromatic carbocycles. The molecule has 1 aliphatic heterocycles. The Bertz CT molecular complexity index is 612. The monoisotopic (exact) mass is 287 g/mol. The van der Waals surface area contributed by atoms with Gasteiger partial charge in [0.2, 0.25) is 5.95 Å². The summed E-state index contributed by atoms with van der Waals surface area (Å²) in [6.45, 7) is 3.88. The zero-order valence-electron chi connectivity index (χ0n) is 12.2. The average Bonchev–Trinajstić information content (AvgIpc) is 2.55. The Morgan fingerprint density at radius 3 is 2.76 bits per heavy atom. The van der Waals surface area contributed by atoms with E-state index in [1.54, 1.807) is 0 Å². The molecule has 6 nitrogen and oxygen atoms in total. The molecule has 0 amide bonds. The Kier molecular flexibility index (Phi) is 4.17. The van der Waals surface area contributed by atoms with E-state index in [1.165, 1.54) is 0 Å². The highest BCUT2D eigenvalue weighted by atomic mass is 16.5. The Morgan fingerprint density at radius 1 is 1.24 bits per heavy atom. The van der Waals surface area contributed by atoms with Gasteiger partial charge in [-0.2, -0.15) is 4.98 Å². The van der Waals surface area contributed by atoms with Crippen molar-refractivity contribution in [2.75, 3.05) is 24.0 Å². The van der Waals surface area contributed by atoms with Crippen molar-refractivity contribution in [3.8, 4) is 0 Å². The van der Waals surface area contributed by atoms with Crippen molar-refractivity contribution in [1.82, 2.24) is 9.97 Å². The van der Waals surface area contributed by atoms with Gasteiger partial charge in [-0.15, -0.1) is 0 Å². The van der Waals surface area contributed by atoms with Gasteiger partial charge in [0.05, 0.1) is 5.52 Å². The lowest BCUT2D eigenvalue weighted by Gasteiger charge is -2.29. The minimum atomic E-state index is 0.331. The summed E-state index contributed by atoms with van der Waals surface area (Å²) >= 11 is 0. The summed E-state index contributed by atoms with van der Waals surface area (Å²) in [5.74, 6) is 7.32. The number of anilines is 2. The van der Waals surface area contributed by atoms with Gasteiger partial charge in [-0.05, 0) is 37.8 Å². The van der Waals surface area contributed by atoms with Crippen molar-refractivity contribution in [3.63, 3.8) is 0 Å². The fraction of sp³-hybridized carbons (Fsp3) is 0.467. The summed E-state index contributed by atoms with van der Waals surface area (Å²) in [5.41, 5.74) is 3.41. The molecule has 0 saturated carbocycles. The van der Waals surface area contributed by atoms with Crippen LogP contribution in [0.25, 0.3) is 10.9 Å². The number of benzene rings is 1. The number of nitrogen functional groups attached to an aromatic ring is 1. The number of ether oxygens (including phenoxy) is 1. The molecule has 2 heterocycles. The van der Waals surface area contributed by atoms with E-state index in [2.05, 4.69) is 27.6 Å². The third-order valence-corrected chi connectivity index (χ3v) is 4.07. The first-order valence-electron chi connectivity index (χ1n) is 7.35. The van der Waals surface area contributed by atoms with Crippen molar-refractivity contribution < 1.29 is 4.74 Å². The van der Waals surface area contributed by atoms with Crippen LogP contribution in [0.4, 0.5) is 11.8 Å². The van der Waals surface area contributed by atoms with Gasteiger partial charge in [0.1, 0.15) is 5.82 Å². The van der Waals surface area contributed by atoms with E-state index >= 15 is 0 Å². The fourth-order valence-corrected chi connectivity index (χ4v) is 2.80. The molecule has 4 N–H and O–H groups in total. The molecule has 1 aliphatic rings. The number of nitrogens with one attached hydrogen (secondary N) is 2. The molecule has 0 aliphatic carbocycles. The molecular formula is C15H21N5O. The van der Waals surface area contributed by atoms with Crippen molar-refractivity contribution >= 4 is 22.7 Å². The minimum Gasteiger partial charge on any atom is -0.381 e. The topological polar surface area (TPSA) is 85.1 Å². The van der Waals surface area contributed by atoms with Crippen LogP contribution in [-0.4, -0.2) is 29.2 Å². The van der Waals surface area contributed by atoms with Crippen LogP contribution in [0.1, 0.15) is 19.8 Å². The number of nitrogens with two attached hydrogens (primary N) is 1. The standard InChI is InChI=1S/C15H21N5O/c1-10(11-6-8-21-9-7-11)17-14-12-4-2-3-5-13(12)18-15(19-14)20-16/h2-5,10-11H,6-9,16H2,1H3,(H2,17,18,19,20). The first-order valence-corrected chi connectivity index (χ1v) is 7.35. The maximum absolute atomic E-state index is 5.46. The van der Waals surface area contributed by atoms with Gasteiger partial charge in [-0.3, -0.25) is 5.43 Å². The van der Waals surface area contributed by atoms with Gasteiger partial charge in [-0.1, -0.05) is 12.1 Å². The van der Waals surface area contributed by atoms with Crippen molar-refractivity contribution in [2.45, 2.75) is 25.8 Å². The molecule has 0 spiro atoms. The molecule has 1 unspecified atom stereocenters. The number of fused-ring (bicyclic) bond motifs is 1. The maximum Gasteiger partial charge on any atom is 0.239 e. The molecule has 6 heteroatoms. The molecule has 0 radical (unpaired) electrons. The number of rotatable bonds is 4. The summed E-state index contributed by atoms with van der Waals surface area (Å²) in [7, 11) is 0. The molecule has 0 bridgehead atoms. The number of hydrogen-bond donors (Lipinski definition) is 3. The highest BCUT2D eigenvalue weighted by Crippen LogP contribution is 2.26. The van der Waals surface area contributed by atoms with Crippen LogP contribution in [0.2, 0.25) is 0 Å². The van der Waals surface area contributed by atoms with Crippen LogP contribution < -0.4 is 16.6 Å². The third kappa shape index (κ3) is 3.06. The number of hydrazine groups is 1. The first-order chi connectivity index (χ1) is 10.3. The largest absolute Gasteiger partial charge is 0.381 e. The van der Waals surface area contributed by atoms with Gasteiger partial charge >= 0.3 is 0 Å². The van der Waals surface area contributed by atoms with Crippen molar-refractivity contribution in [3.05, 3.63) is 24.3 Å². The van der Waals surface area contributed by atoms with E-state index in [1.807, 2.05) is 24.3 Å². The van der Waals surface area contributed by atoms with Gasteiger partial charge < -0.3 is 10.1 Å². The lowest BCUT2D eigenvalue weighted by Crippen LogP contribution is -2.31. The zero-order chi connectivity index (χ0) is 14.7. The van der Waals surface area contributed by atoms with Crippen LogP contribution in [0, 0.1) is 5.92 Å². The highest BCUT2D eigenvalue weighted by Gasteiger charge is 2.21. The van der Waals surface area contributed by atoms with Gasteiger partial charge in [0, 0.05) is 24.6 Å². The normalized spacial score (nSPS) is 17.6. The molecular weight excluding hydrogens is 266 g/mol. The van der Waals surface area contributed by atoms with Gasteiger partial charge in [0.15, 0.2) is 0 Å². The maximum atomic E-state index is 5.46.